The van der Waals surface area contributed by atoms with Gasteiger partial charge in [-0.3, -0.25) is 4.79 Å². The molecule has 1 aromatic carbocycles. The minimum absolute atomic E-state index is 0.124. The van der Waals surface area contributed by atoms with Gasteiger partial charge >= 0.3 is 0 Å². The van der Waals surface area contributed by atoms with E-state index in [1.165, 1.54) is 6.07 Å². The van der Waals surface area contributed by atoms with Crippen molar-refractivity contribution in [3.05, 3.63) is 52.0 Å². The molecule has 0 aliphatic heterocycles. The summed E-state index contributed by atoms with van der Waals surface area (Å²) in [6, 6.07) is 6.22. The van der Waals surface area contributed by atoms with Gasteiger partial charge in [-0.05, 0) is 31.2 Å². The van der Waals surface area contributed by atoms with Crippen LogP contribution in [0.4, 0.5) is 10.1 Å². The van der Waals surface area contributed by atoms with Crippen LogP contribution in [0.2, 0.25) is 0 Å². The van der Waals surface area contributed by atoms with Crippen molar-refractivity contribution in [3.63, 3.8) is 0 Å². The van der Waals surface area contributed by atoms with E-state index in [0.717, 1.165) is 4.47 Å². The number of nitrogens with zero attached hydrogens (tertiary/aromatic N) is 1. The Morgan fingerprint density at radius 3 is 2.90 bits per heavy atom. The Labute approximate surface area is 124 Å². The Kier molecular flexibility index (Phi) is 4.44. The Morgan fingerprint density at radius 1 is 1.45 bits per heavy atom. The first kappa shape index (κ1) is 14.6. The summed E-state index contributed by atoms with van der Waals surface area (Å²) in [5.74, 6) is -0.623. The highest BCUT2D eigenvalue weighted by Gasteiger charge is 2.12. The molecule has 1 aromatic heterocycles. The van der Waals surface area contributed by atoms with Crippen molar-refractivity contribution in [1.29, 1.82) is 0 Å². The average molecular weight is 340 g/mol. The number of nitrogens with one attached hydrogen (secondary N) is 1. The highest BCUT2D eigenvalue weighted by Crippen LogP contribution is 2.16. The van der Waals surface area contributed by atoms with Crippen LogP contribution in [0.15, 0.2) is 34.9 Å². The summed E-state index contributed by atoms with van der Waals surface area (Å²) in [6.07, 6.45) is 1.70. The van der Waals surface area contributed by atoms with Crippen LogP contribution in [-0.2, 0) is 13.1 Å². The van der Waals surface area contributed by atoms with Crippen LogP contribution in [0.1, 0.15) is 23.0 Å². The average Bonchev–Trinajstić information content (AvgIpc) is 2.80. The third-order valence-electron chi connectivity index (χ3n) is 2.94. The highest BCUT2D eigenvalue weighted by atomic mass is 79.9. The largest absolute Gasteiger partial charge is 0.397 e. The normalized spacial score (nSPS) is 10.6. The van der Waals surface area contributed by atoms with Crippen LogP contribution in [0.3, 0.4) is 0 Å². The maximum Gasteiger partial charge on any atom is 0.268 e. The molecule has 0 spiro atoms. The number of carbonyl (C=O) groups excluding carboxylic acids is 1. The number of halogens is 2. The Balaban J connectivity index is 2.10. The van der Waals surface area contributed by atoms with Crippen molar-refractivity contribution in [2.24, 2.45) is 0 Å². The van der Waals surface area contributed by atoms with E-state index in [-0.39, 0.29) is 18.3 Å². The fourth-order valence-electron chi connectivity index (χ4n) is 1.93. The lowest BCUT2D eigenvalue weighted by Crippen LogP contribution is -2.25. The lowest BCUT2D eigenvalue weighted by molar-refractivity contribution is 0.0941. The molecule has 0 bridgehead atoms. The van der Waals surface area contributed by atoms with E-state index in [0.29, 0.717) is 23.5 Å². The van der Waals surface area contributed by atoms with Gasteiger partial charge in [0.2, 0.25) is 0 Å². The molecule has 0 fully saturated rings. The van der Waals surface area contributed by atoms with Crippen molar-refractivity contribution in [2.45, 2.75) is 20.0 Å². The molecule has 3 N–H and O–H groups in total. The molecule has 0 aliphatic rings. The monoisotopic (exact) mass is 339 g/mol. The molecule has 0 radical (unpaired) electrons. The molecular weight excluding hydrogens is 325 g/mol. The number of aromatic nitrogens is 1. The predicted molar refractivity (Wildman–Crippen MR) is 79.8 cm³/mol. The fraction of sp³-hybridized carbons (Fsp3) is 0.214. The molecule has 0 saturated carbocycles. The number of amides is 1. The van der Waals surface area contributed by atoms with Gasteiger partial charge in [0.05, 0.1) is 5.69 Å². The Morgan fingerprint density at radius 2 is 2.20 bits per heavy atom. The molecule has 0 atom stereocenters. The molecule has 2 aromatic rings. The lowest BCUT2D eigenvalue weighted by Gasteiger charge is -2.08. The van der Waals surface area contributed by atoms with Crippen LogP contribution in [0.5, 0.6) is 0 Å². The van der Waals surface area contributed by atoms with Gasteiger partial charge in [-0.1, -0.05) is 15.9 Å². The van der Waals surface area contributed by atoms with Crippen molar-refractivity contribution in [3.8, 4) is 0 Å². The van der Waals surface area contributed by atoms with Crippen molar-refractivity contribution in [2.75, 3.05) is 5.73 Å². The maximum absolute atomic E-state index is 13.6. The molecule has 0 unspecified atom stereocenters. The number of nitrogen functional groups attached to an aromatic ring is 1. The van der Waals surface area contributed by atoms with E-state index in [2.05, 4.69) is 21.2 Å². The number of hydrogen-bond acceptors (Lipinski definition) is 2. The summed E-state index contributed by atoms with van der Waals surface area (Å²) in [6.45, 7) is 2.69. The first-order chi connectivity index (χ1) is 9.51. The predicted octanol–water partition coefficient (Wildman–Crippen LogP) is 2.92. The summed E-state index contributed by atoms with van der Waals surface area (Å²) in [5.41, 5.74) is 7.11. The van der Waals surface area contributed by atoms with E-state index in [1.807, 2.05) is 6.92 Å². The van der Waals surface area contributed by atoms with Crippen LogP contribution in [0.25, 0.3) is 0 Å². The van der Waals surface area contributed by atoms with Gasteiger partial charge in [0.15, 0.2) is 0 Å². The number of carbonyl (C=O) groups is 1. The first-order valence-corrected chi connectivity index (χ1v) is 6.98. The van der Waals surface area contributed by atoms with E-state index in [1.54, 1.807) is 29.0 Å². The second-order valence-corrected chi connectivity index (χ2v) is 5.28. The number of nitrogens with two attached hydrogens (primary N) is 1. The highest BCUT2D eigenvalue weighted by molar-refractivity contribution is 9.10. The Hall–Kier alpha value is -1.82. The SMILES string of the molecule is CCn1cc(N)cc1C(=O)NCc1cc(Br)ccc1F. The minimum atomic E-state index is -0.348. The topological polar surface area (TPSA) is 60.0 Å². The van der Waals surface area contributed by atoms with E-state index in [9.17, 15) is 9.18 Å². The van der Waals surface area contributed by atoms with Crippen molar-refractivity contribution in [1.82, 2.24) is 9.88 Å². The molecule has 1 amide bonds. The zero-order valence-corrected chi connectivity index (χ0v) is 12.6. The summed E-state index contributed by atoms with van der Waals surface area (Å²) >= 11 is 3.27. The second kappa shape index (κ2) is 6.09. The third kappa shape index (κ3) is 3.19. The molecule has 106 valence electrons. The summed E-state index contributed by atoms with van der Waals surface area (Å²) < 4.78 is 16.1. The van der Waals surface area contributed by atoms with Crippen LogP contribution in [0, 0.1) is 5.82 Å². The summed E-state index contributed by atoms with van der Waals surface area (Å²) in [7, 11) is 0. The molecule has 20 heavy (non-hydrogen) atoms. The number of rotatable bonds is 4. The number of anilines is 1. The smallest absolute Gasteiger partial charge is 0.268 e. The zero-order valence-electron chi connectivity index (χ0n) is 11.0. The van der Waals surface area contributed by atoms with Crippen LogP contribution in [-0.4, -0.2) is 10.5 Å². The number of benzene rings is 1. The van der Waals surface area contributed by atoms with Gasteiger partial charge < -0.3 is 15.6 Å². The Bertz CT molecular complexity index is 639. The molecule has 1 heterocycles. The van der Waals surface area contributed by atoms with Gasteiger partial charge in [0, 0.05) is 29.3 Å². The quantitative estimate of drug-likeness (QED) is 0.899. The molecular formula is C14H15BrFN3O. The van der Waals surface area contributed by atoms with E-state index < -0.39 is 0 Å². The van der Waals surface area contributed by atoms with Gasteiger partial charge in [-0.25, -0.2) is 4.39 Å². The molecule has 0 saturated heterocycles. The van der Waals surface area contributed by atoms with Gasteiger partial charge in [-0.2, -0.15) is 0 Å². The van der Waals surface area contributed by atoms with E-state index >= 15 is 0 Å². The molecule has 4 nitrogen and oxygen atoms in total. The van der Waals surface area contributed by atoms with Gasteiger partial charge in [-0.15, -0.1) is 0 Å². The number of aryl methyl sites for hydroxylation is 1. The summed E-state index contributed by atoms with van der Waals surface area (Å²) in [4.78, 5) is 12.1. The maximum atomic E-state index is 13.6. The molecule has 0 aliphatic carbocycles. The first-order valence-electron chi connectivity index (χ1n) is 6.19. The van der Waals surface area contributed by atoms with E-state index in [4.69, 9.17) is 5.73 Å². The minimum Gasteiger partial charge on any atom is -0.397 e. The van der Waals surface area contributed by atoms with Crippen LogP contribution < -0.4 is 11.1 Å². The van der Waals surface area contributed by atoms with Crippen molar-refractivity contribution >= 4 is 27.5 Å². The molecule has 2 rings (SSSR count). The third-order valence-corrected chi connectivity index (χ3v) is 3.43. The van der Waals surface area contributed by atoms with Gasteiger partial charge in [0.1, 0.15) is 11.5 Å². The van der Waals surface area contributed by atoms with Gasteiger partial charge in [0.25, 0.3) is 5.91 Å². The molecule has 6 heteroatoms. The lowest BCUT2D eigenvalue weighted by atomic mass is 10.2. The van der Waals surface area contributed by atoms with Crippen LogP contribution >= 0.6 is 15.9 Å². The van der Waals surface area contributed by atoms with Crippen molar-refractivity contribution < 1.29 is 9.18 Å². The summed E-state index contributed by atoms with van der Waals surface area (Å²) in [5, 5.41) is 2.70. The zero-order chi connectivity index (χ0) is 14.7. The fourth-order valence-corrected chi connectivity index (χ4v) is 2.34. The standard InChI is InChI=1S/C14H15BrFN3O/c1-2-19-8-11(17)6-13(19)14(20)18-7-9-5-10(15)3-4-12(9)16/h3-6,8H,2,7,17H2,1H3,(H,18,20). The second-order valence-electron chi connectivity index (χ2n) is 4.36. The number of hydrogen-bond donors (Lipinski definition) is 2.